The van der Waals surface area contributed by atoms with E-state index in [1.54, 1.807) is 11.8 Å². The van der Waals surface area contributed by atoms with Crippen LogP contribution < -0.4 is 5.32 Å². The van der Waals surface area contributed by atoms with Gasteiger partial charge in [-0.3, -0.25) is 4.79 Å². The van der Waals surface area contributed by atoms with Gasteiger partial charge in [0.25, 0.3) is 0 Å². The van der Waals surface area contributed by atoms with E-state index in [0.717, 1.165) is 34.0 Å². The third-order valence-corrected chi connectivity index (χ3v) is 4.48. The fraction of sp³-hybridized carbons (Fsp3) is 0.412. The smallest absolute Gasteiger partial charge is 0.234 e. The molecule has 0 bridgehead atoms. The quantitative estimate of drug-likeness (QED) is 0.863. The fourth-order valence-electron chi connectivity index (χ4n) is 2.25. The van der Waals surface area contributed by atoms with Crippen molar-refractivity contribution in [3.63, 3.8) is 0 Å². The first kappa shape index (κ1) is 16.6. The van der Waals surface area contributed by atoms with Gasteiger partial charge < -0.3 is 9.84 Å². The van der Waals surface area contributed by atoms with E-state index in [0.29, 0.717) is 11.7 Å². The van der Waals surface area contributed by atoms with Gasteiger partial charge in [0.2, 0.25) is 5.91 Å². The van der Waals surface area contributed by atoms with Crippen LogP contribution in [0.5, 0.6) is 0 Å². The van der Waals surface area contributed by atoms with E-state index in [4.69, 9.17) is 4.52 Å². The first-order valence-corrected chi connectivity index (χ1v) is 8.52. The van der Waals surface area contributed by atoms with Gasteiger partial charge in [-0.15, -0.1) is 11.8 Å². The van der Waals surface area contributed by atoms with Crippen LogP contribution in [0.4, 0.5) is 5.69 Å². The molecule has 1 aromatic carbocycles. The van der Waals surface area contributed by atoms with Crippen molar-refractivity contribution in [1.29, 1.82) is 0 Å². The lowest BCUT2D eigenvalue weighted by atomic mass is 10.0. The highest BCUT2D eigenvalue weighted by atomic mass is 32.2. The zero-order chi connectivity index (χ0) is 16.1. The molecular weight excluding hydrogens is 296 g/mol. The van der Waals surface area contributed by atoms with Gasteiger partial charge in [0, 0.05) is 17.0 Å². The van der Waals surface area contributed by atoms with Crippen molar-refractivity contribution in [2.24, 2.45) is 0 Å². The first-order valence-electron chi connectivity index (χ1n) is 7.37. The molecule has 118 valence electrons. The largest absolute Gasteiger partial charge is 0.361 e. The average molecular weight is 318 g/mol. The average Bonchev–Trinajstić information content (AvgIpc) is 2.79. The molecule has 0 fully saturated rings. The molecule has 1 heterocycles. The molecule has 0 saturated carbocycles. The maximum absolute atomic E-state index is 12.1. The Bertz CT molecular complexity index is 630. The summed E-state index contributed by atoms with van der Waals surface area (Å²) in [5.41, 5.74) is 4.04. The number of carbonyl (C=O) groups excluding carboxylic acids is 1. The fourth-order valence-corrected chi connectivity index (χ4v) is 3.23. The summed E-state index contributed by atoms with van der Waals surface area (Å²) >= 11 is 1.57. The number of nitrogens with one attached hydrogen (secondary N) is 1. The molecule has 0 atom stereocenters. The molecular formula is C17H22N2O2S. The number of carbonyl (C=O) groups is 1. The van der Waals surface area contributed by atoms with Crippen molar-refractivity contribution < 1.29 is 9.32 Å². The Balaban J connectivity index is 1.89. The molecule has 0 saturated heterocycles. The van der Waals surface area contributed by atoms with Crippen molar-refractivity contribution in [1.82, 2.24) is 5.16 Å². The molecule has 0 aliphatic rings. The third-order valence-electron chi connectivity index (χ3n) is 3.52. The van der Waals surface area contributed by atoms with Crippen molar-refractivity contribution in [2.75, 3.05) is 11.1 Å². The second kappa shape index (κ2) is 7.49. The molecule has 0 aliphatic heterocycles. The maximum atomic E-state index is 12.1. The zero-order valence-corrected chi connectivity index (χ0v) is 14.3. The molecule has 4 nitrogen and oxygen atoms in total. The van der Waals surface area contributed by atoms with Gasteiger partial charge in [-0.2, -0.15) is 0 Å². The number of nitrogens with zero attached hydrogens (tertiary/aromatic N) is 1. The number of rotatable bonds is 6. The Morgan fingerprint density at radius 3 is 2.68 bits per heavy atom. The van der Waals surface area contributed by atoms with Crippen LogP contribution >= 0.6 is 11.8 Å². The van der Waals surface area contributed by atoms with E-state index in [-0.39, 0.29) is 5.91 Å². The number of para-hydroxylation sites is 1. The number of hydrogen-bond acceptors (Lipinski definition) is 4. The minimum atomic E-state index is 0.0184. The van der Waals surface area contributed by atoms with Crippen molar-refractivity contribution in [2.45, 2.75) is 39.4 Å². The normalized spacial score (nSPS) is 11.0. The first-order chi connectivity index (χ1) is 10.5. The third kappa shape index (κ3) is 4.13. The lowest BCUT2D eigenvalue weighted by Crippen LogP contribution is -2.15. The van der Waals surface area contributed by atoms with Crippen LogP contribution in [0.2, 0.25) is 0 Å². The molecule has 0 spiro atoms. The maximum Gasteiger partial charge on any atom is 0.234 e. The number of anilines is 1. The number of hydrogen-bond donors (Lipinski definition) is 1. The summed E-state index contributed by atoms with van der Waals surface area (Å²) in [4.78, 5) is 12.1. The highest BCUT2D eigenvalue weighted by Gasteiger charge is 2.12. The predicted molar refractivity (Wildman–Crippen MR) is 91.3 cm³/mol. The molecule has 0 radical (unpaired) electrons. The second-order valence-electron chi connectivity index (χ2n) is 5.59. The molecule has 22 heavy (non-hydrogen) atoms. The highest BCUT2D eigenvalue weighted by molar-refractivity contribution is 7.99. The van der Waals surface area contributed by atoms with E-state index in [1.807, 2.05) is 32.0 Å². The summed E-state index contributed by atoms with van der Waals surface area (Å²) in [7, 11) is 0. The number of thioether (sulfide) groups is 1. The van der Waals surface area contributed by atoms with Gasteiger partial charge in [-0.25, -0.2) is 0 Å². The lowest BCUT2D eigenvalue weighted by molar-refractivity contribution is -0.113. The summed E-state index contributed by atoms with van der Waals surface area (Å²) in [5, 5.41) is 6.93. The van der Waals surface area contributed by atoms with E-state index >= 15 is 0 Å². The minimum Gasteiger partial charge on any atom is -0.361 e. The van der Waals surface area contributed by atoms with Gasteiger partial charge in [-0.1, -0.05) is 37.2 Å². The van der Waals surface area contributed by atoms with Crippen molar-refractivity contribution >= 4 is 23.4 Å². The molecule has 1 N–H and O–H groups in total. The Kier molecular flexibility index (Phi) is 5.66. The van der Waals surface area contributed by atoms with Gasteiger partial charge in [0.05, 0.1) is 11.4 Å². The molecule has 0 unspecified atom stereocenters. The Morgan fingerprint density at radius 1 is 1.32 bits per heavy atom. The number of benzene rings is 1. The van der Waals surface area contributed by atoms with Gasteiger partial charge in [-0.05, 0) is 31.4 Å². The monoisotopic (exact) mass is 318 g/mol. The van der Waals surface area contributed by atoms with Crippen LogP contribution in [-0.2, 0) is 10.5 Å². The minimum absolute atomic E-state index is 0.0184. The van der Waals surface area contributed by atoms with Gasteiger partial charge in [0.1, 0.15) is 5.76 Å². The molecule has 1 aromatic heterocycles. The van der Waals surface area contributed by atoms with Crippen LogP contribution in [0.1, 0.15) is 42.3 Å². The number of aromatic nitrogens is 1. The summed E-state index contributed by atoms with van der Waals surface area (Å²) in [6.45, 7) is 8.06. The Hall–Kier alpha value is -1.75. The van der Waals surface area contributed by atoms with Gasteiger partial charge in [0.15, 0.2) is 0 Å². The Morgan fingerprint density at radius 2 is 2.05 bits per heavy atom. The van der Waals surface area contributed by atoms with Crippen molar-refractivity contribution in [3.05, 3.63) is 46.8 Å². The Labute approximate surface area is 135 Å². The predicted octanol–water partition coefficient (Wildman–Crippen LogP) is 4.29. The van der Waals surface area contributed by atoms with E-state index in [2.05, 4.69) is 30.4 Å². The topological polar surface area (TPSA) is 55.1 Å². The van der Waals surface area contributed by atoms with Crippen LogP contribution in [0.3, 0.4) is 0 Å². The summed E-state index contributed by atoms with van der Waals surface area (Å²) in [6.07, 6.45) is 0. The van der Waals surface area contributed by atoms with Crippen LogP contribution in [0, 0.1) is 13.8 Å². The van der Waals surface area contributed by atoms with Crippen molar-refractivity contribution in [3.8, 4) is 0 Å². The summed E-state index contributed by atoms with van der Waals surface area (Å²) in [6, 6.07) is 7.94. The number of amides is 1. The van der Waals surface area contributed by atoms with E-state index in [9.17, 15) is 4.79 Å². The van der Waals surface area contributed by atoms with Gasteiger partial charge >= 0.3 is 0 Å². The molecule has 5 heteroatoms. The van der Waals surface area contributed by atoms with E-state index < -0.39 is 0 Å². The zero-order valence-electron chi connectivity index (χ0n) is 13.5. The molecule has 0 aliphatic carbocycles. The second-order valence-corrected chi connectivity index (χ2v) is 6.57. The standard InChI is InChI=1S/C17H22N2O2S/c1-11(2)14-7-5-6-8-16(14)18-17(20)10-22-9-15-12(3)19-21-13(15)4/h5-8,11H,9-10H2,1-4H3,(H,18,20). The molecule has 1 amide bonds. The van der Waals surface area contributed by atoms with Crippen LogP contribution in [0.15, 0.2) is 28.8 Å². The van der Waals surface area contributed by atoms with E-state index in [1.165, 1.54) is 0 Å². The highest BCUT2D eigenvalue weighted by Crippen LogP contribution is 2.24. The lowest BCUT2D eigenvalue weighted by Gasteiger charge is -2.13. The summed E-state index contributed by atoms with van der Waals surface area (Å²) < 4.78 is 5.13. The van der Waals surface area contributed by atoms with Crippen LogP contribution in [0.25, 0.3) is 0 Å². The molecule has 2 aromatic rings. The number of aryl methyl sites for hydroxylation is 2. The summed E-state index contributed by atoms with van der Waals surface area (Å²) in [5.74, 6) is 2.38. The molecule has 2 rings (SSSR count). The SMILES string of the molecule is Cc1noc(C)c1CSCC(=O)Nc1ccccc1C(C)C. The van der Waals surface area contributed by atoms with Crippen LogP contribution in [-0.4, -0.2) is 16.8 Å².